The standard InChI is InChI=1S/C6H3F2.BrH.Zn/c7-5-3-1-2-4-6(5)8;;/h1-3H;1H;/q-1;;. The Labute approximate surface area is 81.2 Å². The second-order valence-electron chi connectivity index (χ2n) is 1.33. The minimum Gasteiger partial charge on any atom is -0.281 e. The molecule has 1 aromatic rings. The maximum atomic E-state index is 11.9. The first-order valence-corrected chi connectivity index (χ1v) is 2.12. The van der Waals surface area contributed by atoms with E-state index in [0.29, 0.717) is 0 Å². The van der Waals surface area contributed by atoms with E-state index in [4.69, 9.17) is 0 Å². The van der Waals surface area contributed by atoms with Crippen molar-refractivity contribution in [2.24, 2.45) is 0 Å². The largest absolute Gasteiger partial charge is 0.281 e. The van der Waals surface area contributed by atoms with Crippen LogP contribution >= 0.6 is 17.0 Å². The van der Waals surface area contributed by atoms with Gasteiger partial charge in [-0.3, -0.25) is 4.39 Å². The average Bonchev–Trinajstić information content (AvgIpc) is 1.77. The summed E-state index contributed by atoms with van der Waals surface area (Å²) in [6.07, 6.45) is 0. The first-order valence-electron chi connectivity index (χ1n) is 2.12. The van der Waals surface area contributed by atoms with Crippen molar-refractivity contribution < 1.29 is 28.3 Å². The molecule has 10 heavy (non-hydrogen) atoms. The zero-order valence-corrected chi connectivity index (χ0v) is 9.78. The summed E-state index contributed by atoms with van der Waals surface area (Å²) in [6.45, 7) is 0. The molecule has 0 heterocycles. The Kier molecular flexibility index (Phi) is 7.61. The van der Waals surface area contributed by atoms with Gasteiger partial charge in [-0.15, -0.1) is 29.1 Å². The smallest absolute Gasteiger partial charge is 0.0451 e. The number of rotatable bonds is 0. The van der Waals surface area contributed by atoms with Gasteiger partial charge in [0.1, 0.15) is 0 Å². The van der Waals surface area contributed by atoms with Crippen molar-refractivity contribution in [1.29, 1.82) is 0 Å². The summed E-state index contributed by atoms with van der Waals surface area (Å²) in [5.41, 5.74) is 0. The summed E-state index contributed by atoms with van der Waals surface area (Å²) in [4.78, 5) is 0. The van der Waals surface area contributed by atoms with Gasteiger partial charge < -0.3 is 0 Å². The van der Waals surface area contributed by atoms with Gasteiger partial charge in [0.15, 0.2) is 0 Å². The van der Waals surface area contributed by atoms with E-state index in [-0.39, 0.29) is 36.5 Å². The molecule has 0 spiro atoms. The molecule has 0 bridgehead atoms. The second kappa shape index (κ2) is 5.93. The molecule has 0 saturated carbocycles. The summed E-state index contributed by atoms with van der Waals surface area (Å²) >= 11 is 0. The number of hydrogen-bond acceptors (Lipinski definition) is 0. The Balaban J connectivity index is 0. The first-order chi connectivity index (χ1) is 3.80. The van der Waals surface area contributed by atoms with Gasteiger partial charge in [0.2, 0.25) is 0 Å². The molecule has 0 amide bonds. The Morgan fingerprint density at radius 2 is 1.90 bits per heavy atom. The van der Waals surface area contributed by atoms with Crippen molar-refractivity contribution >= 4 is 17.0 Å². The van der Waals surface area contributed by atoms with E-state index in [1.807, 2.05) is 0 Å². The third-order valence-electron chi connectivity index (χ3n) is 0.759. The molecule has 0 saturated heterocycles. The van der Waals surface area contributed by atoms with Crippen molar-refractivity contribution in [3.63, 3.8) is 0 Å². The van der Waals surface area contributed by atoms with Crippen LogP contribution in [0.2, 0.25) is 0 Å². The van der Waals surface area contributed by atoms with Gasteiger partial charge in [0.25, 0.3) is 0 Å². The fourth-order valence-corrected chi connectivity index (χ4v) is 0.396. The van der Waals surface area contributed by atoms with Crippen molar-refractivity contribution in [3.05, 3.63) is 35.9 Å². The van der Waals surface area contributed by atoms with E-state index < -0.39 is 11.6 Å². The first kappa shape index (κ1) is 12.8. The molecule has 0 N–H and O–H groups in total. The molecule has 0 aliphatic rings. The van der Waals surface area contributed by atoms with Crippen LogP contribution in [-0.2, 0) is 19.5 Å². The van der Waals surface area contributed by atoms with Crippen LogP contribution in [0.1, 0.15) is 0 Å². The van der Waals surface area contributed by atoms with Crippen molar-refractivity contribution in [1.82, 2.24) is 0 Å². The molecular weight excluding hydrogens is 255 g/mol. The summed E-state index contributed by atoms with van der Waals surface area (Å²) in [7, 11) is 0. The number of hydrogen-bond donors (Lipinski definition) is 0. The SMILES string of the molecule is Br.Fc1[c-]cccc1F.[Zn]. The average molecular weight is 259 g/mol. The molecule has 1 rings (SSSR count). The van der Waals surface area contributed by atoms with Crippen LogP contribution in [0.5, 0.6) is 0 Å². The topological polar surface area (TPSA) is 0 Å². The minimum absolute atomic E-state index is 0. The molecular formula is C6H4BrF2Zn-. The predicted octanol–water partition coefficient (Wildman–Crippen LogP) is 2.34. The summed E-state index contributed by atoms with van der Waals surface area (Å²) in [5.74, 6) is -1.78. The molecule has 0 radical (unpaired) electrons. The maximum absolute atomic E-state index is 11.9. The van der Waals surface area contributed by atoms with Gasteiger partial charge in [-0.1, -0.05) is 0 Å². The molecule has 0 aliphatic heterocycles. The van der Waals surface area contributed by atoms with Gasteiger partial charge in [-0.25, -0.2) is 4.39 Å². The van der Waals surface area contributed by atoms with Crippen LogP contribution < -0.4 is 0 Å². The van der Waals surface area contributed by atoms with Crippen molar-refractivity contribution in [2.45, 2.75) is 0 Å². The molecule has 0 fully saturated rings. The molecule has 0 aliphatic carbocycles. The zero-order valence-electron chi connectivity index (χ0n) is 5.10. The van der Waals surface area contributed by atoms with E-state index in [0.717, 1.165) is 6.07 Å². The quantitative estimate of drug-likeness (QED) is 0.495. The number of halogens is 3. The van der Waals surface area contributed by atoms with Gasteiger partial charge in [0.05, 0.1) is 0 Å². The molecule has 0 aromatic heterocycles. The fraction of sp³-hybridized carbons (Fsp3) is 0. The second-order valence-corrected chi connectivity index (χ2v) is 1.33. The van der Waals surface area contributed by atoms with E-state index in [1.165, 1.54) is 12.1 Å². The Morgan fingerprint density at radius 3 is 2.20 bits per heavy atom. The van der Waals surface area contributed by atoms with Crippen LogP contribution in [0.4, 0.5) is 8.78 Å². The molecule has 4 heteroatoms. The molecule has 0 unspecified atom stereocenters. The number of benzene rings is 1. The van der Waals surface area contributed by atoms with E-state index in [1.54, 1.807) is 0 Å². The van der Waals surface area contributed by atoms with Crippen LogP contribution in [0, 0.1) is 17.7 Å². The summed E-state index contributed by atoms with van der Waals surface area (Å²) < 4.78 is 23.8. The Bertz CT molecular complexity index is 172. The maximum Gasteiger partial charge on any atom is 0.0451 e. The van der Waals surface area contributed by atoms with E-state index >= 15 is 0 Å². The van der Waals surface area contributed by atoms with E-state index in [2.05, 4.69) is 6.07 Å². The predicted molar refractivity (Wildman–Crippen MR) is 35.5 cm³/mol. The molecule has 0 atom stereocenters. The normalized spacial score (nSPS) is 7.40. The van der Waals surface area contributed by atoms with Crippen LogP contribution in [0.15, 0.2) is 18.2 Å². The third kappa shape index (κ3) is 3.38. The summed E-state index contributed by atoms with van der Waals surface area (Å²) in [5, 5.41) is 0. The van der Waals surface area contributed by atoms with Crippen molar-refractivity contribution in [2.75, 3.05) is 0 Å². The van der Waals surface area contributed by atoms with Gasteiger partial charge in [-0.05, 0) is 0 Å². The zero-order chi connectivity index (χ0) is 5.98. The molecule has 1 aromatic carbocycles. The minimum atomic E-state index is -0.924. The van der Waals surface area contributed by atoms with Crippen LogP contribution in [0.25, 0.3) is 0 Å². The third-order valence-corrected chi connectivity index (χ3v) is 0.759. The van der Waals surface area contributed by atoms with Crippen LogP contribution in [0.3, 0.4) is 0 Å². The molecule has 0 nitrogen and oxygen atoms in total. The van der Waals surface area contributed by atoms with E-state index in [9.17, 15) is 8.78 Å². The monoisotopic (exact) mass is 257 g/mol. The molecule has 52 valence electrons. The summed E-state index contributed by atoms with van der Waals surface area (Å²) in [6, 6.07) is 5.81. The van der Waals surface area contributed by atoms with Gasteiger partial charge in [0, 0.05) is 31.1 Å². The van der Waals surface area contributed by atoms with Crippen LogP contribution in [-0.4, -0.2) is 0 Å². The fourth-order valence-electron chi connectivity index (χ4n) is 0.396. The van der Waals surface area contributed by atoms with Crippen molar-refractivity contribution in [3.8, 4) is 0 Å². The van der Waals surface area contributed by atoms with Gasteiger partial charge in [-0.2, -0.15) is 12.1 Å². The Hall–Kier alpha value is 0.183. The van der Waals surface area contributed by atoms with Gasteiger partial charge >= 0.3 is 0 Å². The Morgan fingerprint density at radius 1 is 1.30 bits per heavy atom.